The molecule has 192 valence electrons. The molecule has 3 atom stereocenters. The van der Waals surface area contributed by atoms with Crippen LogP contribution in [-0.4, -0.2) is 55.4 Å². The summed E-state index contributed by atoms with van der Waals surface area (Å²) in [4.78, 5) is 21.5. The molecule has 0 aromatic heterocycles. The third-order valence-corrected chi connectivity index (χ3v) is 11.0. The molecule has 0 N–H and O–H groups in total. The van der Waals surface area contributed by atoms with Crippen LogP contribution in [0, 0.1) is 11.8 Å². The van der Waals surface area contributed by atoms with Gasteiger partial charge in [0, 0.05) is 35.6 Å². The molecule has 3 aliphatic rings. The van der Waals surface area contributed by atoms with Gasteiger partial charge >= 0.3 is 0 Å². The van der Waals surface area contributed by atoms with Crippen LogP contribution in [0.15, 0.2) is 59.6 Å². The van der Waals surface area contributed by atoms with E-state index in [9.17, 15) is 13.2 Å². The van der Waals surface area contributed by atoms with Crippen molar-refractivity contribution >= 4 is 44.0 Å². The third kappa shape index (κ3) is 5.49. The lowest BCUT2D eigenvalue weighted by Crippen LogP contribution is -2.38. The third-order valence-electron chi connectivity index (χ3n) is 7.78. The minimum Gasteiger partial charge on any atom is -0.372 e. The van der Waals surface area contributed by atoms with Gasteiger partial charge in [0.1, 0.15) is 0 Å². The predicted molar refractivity (Wildman–Crippen MR) is 150 cm³/mol. The largest absolute Gasteiger partial charge is 0.372 e. The zero-order chi connectivity index (χ0) is 25.3. The van der Waals surface area contributed by atoms with Crippen molar-refractivity contribution in [3.63, 3.8) is 0 Å². The first-order valence-electron chi connectivity index (χ1n) is 13.0. The Labute approximate surface area is 219 Å². The molecule has 0 radical (unpaired) electrons. The number of rotatable bonds is 6. The van der Waals surface area contributed by atoms with Crippen molar-refractivity contribution in [1.29, 1.82) is 0 Å². The number of amidine groups is 1. The molecule has 3 aliphatic heterocycles. The number of piperidine rings is 1. The van der Waals surface area contributed by atoms with Gasteiger partial charge in [0.25, 0.3) is 5.91 Å². The monoisotopic (exact) mass is 525 g/mol. The van der Waals surface area contributed by atoms with Gasteiger partial charge in [-0.05, 0) is 61.4 Å². The van der Waals surface area contributed by atoms with Gasteiger partial charge in [-0.1, -0.05) is 55.9 Å². The lowest BCUT2D eigenvalue weighted by Gasteiger charge is -2.34. The first kappa shape index (κ1) is 25.3. The second-order valence-corrected chi connectivity index (χ2v) is 13.7. The highest BCUT2D eigenvalue weighted by atomic mass is 32.2. The van der Waals surface area contributed by atoms with E-state index in [-0.39, 0.29) is 34.6 Å². The van der Waals surface area contributed by atoms with Gasteiger partial charge in [0.15, 0.2) is 15.0 Å². The lowest BCUT2D eigenvalue weighted by atomic mass is 9.90. The first-order valence-corrected chi connectivity index (χ1v) is 15.7. The van der Waals surface area contributed by atoms with Crippen LogP contribution >= 0.6 is 11.8 Å². The summed E-state index contributed by atoms with van der Waals surface area (Å²) >= 11 is 1.44. The number of nitrogens with zero attached hydrogens (tertiary/aromatic N) is 3. The highest BCUT2D eigenvalue weighted by Gasteiger charge is 2.49. The summed E-state index contributed by atoms with van der Waals surface area (Å²) in [5, 5.41) is 0.557. The Kier molecular flexibility index (Phi) is 7.45. The van der Waals surface area contributed by atoms with Crippen LogP contribution in [0.3, 0.4) is 0 Å². The SMILES string of the molecule is CC[C@H](C)C(=O)N=C1S[C@H]2CS(=O)(=O)C[C@H]2N1c1ccc(N2CCC(Cc3ccccc3)CC2)cc1. The molecule has 8 heteroatoms. The van der Waals surface area contributed by atoms with E-state index in [1.807, 2.05) is 18.7 Å². The summed E-state index contributed by atoms with van der Waals surface area (Å²) in [6.07, 6.45) is 4.23. The molecular weight excluding hydrogens is 490 g/mol. The number of hydrogen-bond donors (Lipinski definition) is 0. The molecule has 3 saturated heterocycles. The Bertz CT molecular complexity index is 1210. The molecule has 0 spiro atoms. The van der Waals surface area contributed by atoms with Gasteiger partial charge in [0.05, 0.1) is 17.5 Å². The van der Waals surface area contributed by atoms with Crippen LogP contribution < -0.4 is 9.80 Å². The second-order valence-electron chi connectivity index (χ2n) is 10.3. The quantitative estimate of drug-likeness (QED) is 0.540. The number of aliphatic imine (C=N–C) groups is 1. The van der Waals surface area contributed by atoms with Crippen molar-refractivity contribution in [2.75, 3.05) is 34.4 Å². The van der Waals surface area contributed by atoms with Gasteiger partial charge in [-0.3, -0.25) is 4.79 Å². The molecule has 3 fully saturated rings. The van der Waals surface area contributed by atoms with Gasteiger partial charge < -0.3 is 9.80 Å². The number of hydrogen-bond acceptors (Lipinski definition) is 5. The van der Waals surface area contributed by atoms with Crippen molar-refractivity contribution in [3.05, 3.63) is 60.2 Å². The minimum absolute atomic E-state index is 0.0817. The summed E-state index contributed by atoms with van der Waals surface area (Å²) in [6.45, 7) is 5.94. The van der Waals surface area contributed by atoms with E-state index in [4.69, 9.17) is 0 Å². The van der Waals surface area contributed by atoms with Crippen molar-refractivity contribution in [1.82, 2.24) is 0 Å². The molecule has 5 rings (SSSR count). The number of carbonyl (C=O) groups excluding carboxylic acids is 1. The van der Waals surface area contributed by atoms with E-state index in [0.717, 1.165) is 31.6 Å². The van der Waals surface area contributed by atoms with Crippen LogP contribution in [0.2, 0.25) is 0 Å². The molecule has 3 heterocycles. The standard InChI is InChI=1S/C28H35N3O3S2/c1-3-20(2)27(32)29-28-31(25-18-36(33,34)19-26(25)35-28)24-11-9-23(10-12-24)30-15-13-22(14-16-30)17-21-7-5-4-6-8-21/h4-12,20,22,25-26H,3,13-19H2,1-2H3/t20-,25+,26-/m0/s1. The number of thioether (sulfide) groups is 1. The van der Waals surface area contributed by atoms with Crippen molar-refractivity contribution < 1.29 is 13.2 Å². The lowest BCUT2D eigenvalue weighted by molar-refractivity contribution is -0.121. The van der Waals surface area contributed by atoms with E-state index in [0.29, 0.717) is 11.1 Å². The fraction of sp³-hybridized carbons (Fsp3) is 0.500. The van der Waals surface area contributed by atoms with E-state index >= 15 is 0 Å². The van der Waals surface area contributed by atoms with Gasteiger partial charge in [-0.15, -0.1) is 0 Å². The maximum absolute atomic E-state index is 12.6. The molecule has 0 saturated carbocycles. The highest BCUT2D eigenvalue weighted by Crippen LogP contribution is 2.41. The fourth-order valence-electron chi connectivity index (χ4n) is 5.41. The molecular formula is C28H35N3O3S2. The Morgan fingerprint density at radius 1 is 1.03 bits per heavy atom. The molecule has 0 aliphatic carbocycles. The van der Waals surface area contributed by atoms with E-state index in [2.05, 4.69) is 64.5 Å². The summed E-state index contributed by atoms with van der Waals surface area (Å²) < 4.78 is 24.7. The average Bonchev–Trinajstić information content (AvgIpc) is 3.35. The fourth-order valence-corrected chi connectivity index (χ4v) is 9.33. The summed E-state index contributed by atoms with van der Waals surface area (Å²) in [7, 11) is -3.08. The van der Waals surface area contributed by atoms with Crippen LogP contribution in [0.4, 0.5) is 11.4 Å². The van der Waals surface area contributed by atoms with Crippen LogP contribution in [0.1, 0.15) is 38.7 Å². The van der Waals surface area contributed by atoms with E-state index in [1.54, 1.807) is 0 Å². The number of carbonyl (C=O) groups is 1. The average molecular weight is 526 g/mol. The molecule has 6 nitrogen and oxygen atoms in total. The molecule has 2 aromatic carbocycles. The number of benzene rings is 2. The van der Waals surface area contributed by atoms with E-state index < -0.39 is 9.84 Å². The van der Waals surface area contributed by atoms with Gasteiger partial charge in [0.2, 0.25) is 0 Å². The van der Waals surface area contributed by atoms with Crippen LogP contribution in [0.5, 0.6) is 0 Å². The van der Waals surface area contributed by atoms with Crippen LogP contribution in [0.25, 0.3) is 0 Å². The smallest absolute Gasteiger partial charge is 0.250 e. The second kappa shape index (κ2) is 10.6. The summed E-state index contributed by atoms with van der Waals surface area (Å²) in [5.41, 5.74) is 3.51. The number of fused-ring (bicyclic) bond motifs is 1. The van der Waals surface area contributed by atoms with Crippen molar-refractivity contribution in [2.24, 2.45) is 16.8 Å². The maximum Gasteiger partial charge on any atom is 0.250 e. The van der Waals surface area contributed by atoms with Crippen molar-refractivity contribution in [3.8, 4) is 0 Å². The Morgan fingerprint density at radius 2 is 1.69 bits per heavy atom. The molecule has 36 heavy (non-hydrogen) atoms. The summed E-state index contributed by atoms with van der Waals surface area (Å²) in [6, 6.07) is 18.9. The topological polar surface area (TPSA) is 70.0 Å². The number of anilines is 2. The number of amides is 1. The Morgan fingerprint density at radius 3 is 2.36 bits per heavy atom. The molecule has 0 bridgehead atoms. The molecule has 2 aromatic rings. The minimum atomic E-state index is -3.08. The normalized spacial score (nSPS) is 25.8. The predicted octanol–water partition coefficient (Wildman–Crippen LogP) is 4.79. The summed E-state index contributed by atoms with van der Waals surface area (Å²) in [5.74, 6) is 0.690. The first-order chi connectivity index (χ1) is 17.3. The maximum atomic E-state index is 12.6. The highest BCUT2D eigenvalue weighted by molar-refractivity contribution is 8.16. The Balaban J connectivity index is 1.29. The zero-order valence-electron chi connectivity index (χ0n) is 21.0. The molecule has 0 unspecified atom stereocenters. The number of sulfone groups is 1. The Hall–Kier alpha value is -2.32. The van der Waals surface area contributed by atoms with Gasteiger partial charge in [-0.25, -0.2) is 8.42 Å². The molecule has 1 amide bonds. The van der Waals surface area contributed by atoms with Crippen LogP contribution in [-0.2, 0) is 21.1 Å². The van der Waals surface area contributed by atoms with E-state index in [1.165, 1.54) is 35.9 Å². The zero-order valence-corrected chi connectivity index (χ0v) is 22.7. The van der Waals surface area contributed by atoms with Gasteiger partial charge in [-0.2, -0.15) is 4.99 Å². The van der Waals surface area contributed by atoms with Crippen molar-refractivity contribution in [2.45, 2.75) is 50.8 Å².